The number of hydrogen-bond donors (Lipinski definition) is 4. The van der Waals surface area contributed by atoms with Crippen LogP contribution in [0.5, 0.6) is 0 Å². The van der Waals surface area contributed by atoms with E-state index < -0.39 is 5.09 Å². The predicted octanol–water partition coefficient (Wildman–Crippen LogP) is 0.202. The van der Waals surface area contributed by atoms with Crippen LogP contribution in [0.3, 0.4) is 0 Å². The molecule has 0 bridgehead atoms. The molecule has 0 atom stereocenters. The fourth-order valence-electron chi connectivity index (χ4n) is 0.972. The summed E-state index contributed by atoms with van der Waals surface area (Å²) in [5.74, 6) is -0.100. The maximum absolute atomic E-state index is 10.7. The molecule has 9 nitrogen and oxygen atoms in total. The highest BCUT2D eigenvalue weighted by atomic mass is 16.9. The molecule has 0 unspecified atom stereocenters. The van der Waals surface area contributed by atoms with E-state index in [1.54, 1.807) is 24.3 Å². The van der Waals surface area contributed by atoms with Gasteiger partial charge in [0.05, 0.1) is 5.69 Å². The van der Waals surface area contributed by atoms with Crippen molar-refractivity contribution in [2.24, 2.45) is 16.5 Å². The lowest BCUT2D eigenvalue weighted by Crippen LogP contribution is -2.21. The third kappa shape index (κ3) is 8.47. The molecule has 9 heteroatoms. The van der Waals surface area contributed by atoms with E-state index in [1.165, 1.54) is 6.92 Å². The quantitative estimate of drug-likeness (QED) is 0.256. The van der Waals surface area contributed by atoms with Gasteiger partial charge >= 0.3 is 0 Å². The third-order valence-corrected chi connectivity index (χ3v) is 1.45. The van der Waals surface area contributed by atoms with Gasteiger partial charge in [-0.15, -0.1) is 10.1 Å². The standard InChI is InChI=1S/C9H12N4O.HNO3/c1-6(14)12-7-2-4-8(5-3-7)13-9(10)11;2-1(3)4/h2-5H,1H3,(H,12,14)(H4,10,11,13);(H,2,3,4). The number of anilines is 1. The summed E-state index contributed by atoms with van der Waals surface area (Å²) in [6, 6.07) is 6.88. The van der Waals surface area contributed by atoms with Gasteiger partial charge in [-0.1, -0.05) is 0 Å². The molecule has 1 aromatic carbocycles. The molecule has 0 heterocycles. The Hall–Kier alpha value is -2.84. The molecule has 0 aliphatic rings. The average molecular weight is 255 g/mol. The topological polar surface area (TPSA) is 157 Å². The first-order valence-corrected chi connectivity index (χ1v) is 4.62. The Labute approximate surface area is 102 Å². The zero-order valence-corrected chi connectivity index (χ0v) is 9.53. The minimum atomic E-state index is -1.50. The van der Waals surface area contributed by atoms with Crippen molar-refractivity contribution in [2.75, 3.05) is 5.32 Å². The number of hydrogen-bond acceptors (Lipinski definition) is 4. The number of carbonyl (C=O) groups is 1. The van der Waals surface area contributed by atoms with Crippen LogP contribution < -0.4 is 16.8 Å². The van der Waals surface area contributed by atoms with Gasteiger partial charge in [0, 0.05) is 12.6 Å². The Kier molecular flexibility index (Phi) is 6.26. The molecule has 0 saturated heterocycles. The lowest BCUT2D eigenvalue weighted by atomic mass is 10.3. The van der Waals surface area contributed by atoms with E-state index in [9.17, 15) is 4.79 Å². The average Bonchev–Trinajstić information content (AvgIpc) is 2.18. The third-order valence-electron chi connectivity index (χ3n) is 1.45. The maximum Gasteiger partial charge on any atom is 0.291 e. The van der Waals surface area contributed by atoms with Gasteiger partial charge in [0.15, 0.2) is 5.96 Å². The first-order chi connectivity index (χ1) is 8.31. The number of guanidine groups is 1. The Morgan fingerprint density at radius 2 is 1.83 bits per heavy atom. The van der Waals surface area contributed by atoms with Gasteiger partial charge in [-0.05, 0) is 24.3 Å². The van der Waals surface area contributed by atoms with E-state index in [-0.39, 0.29) is 11.9 Å². The van der Waals surface area contributed by atoms with E-state index in [0.717, 1.165) is 0 Å². The number of nitrogens with zero attached hydrogens (tertiary/aromatic N) is 2. The molecule has 6 N–H and O–H groups in total. The molecule has 1 amide bonds. The largest absolute Gasteiger partial charge is 0.370 e. The number of carbonyl (C=O) groups excluding carboxylic acids is 1. The molecular weight excluding hydrogens is 242 g/mol. The number of amides is 1. The summed E-state index contributed by atoms with van der Waals surface area (Å²) < 4.78 is 0. The second-order valence-corrected chi connectivity index (χ2v) is 3.00. The molecule has 18 heavy (non-hydrogen) atoms. The van der Waals surface area contributed by atoms with Crippen LogP contribution in [0, 0.1) is 10.1 Å². The van der Waals surface area contributed by atoms with Crippen LogP contribution >= 0.6 is 0 Å². The van der Waals surface area contributed by atoms with Crippen molar-refractivity contribution in [1.29, 1.82) is 0 Å². The van der Waals surface area contributed by atoms with Gasteiger partial charge < -0.3 is 22.0 Å². The van der Waals surface area contributed by atoms with Crippen molar-refractivity contribution in [3.05, 3.63) is 34.4 Å². The van der Waals surface area contributed by atoms with Crippen molar-refractivity contribution >= 4 is 23.2 Å². The van der Waals surface area contributed by atoms with Crippen LogP contribution in [0.25, 0.3) is 0 Å². The van der Waals surface area contributed by atoms with Crippen molar-refractivity contribution in [3.63, 3.8) is 0 Å². The molecule has 0 aliphatic carbocycles. The number of nitrogens with one attached hydrogen (secondary N) is 1. The Balaban J connectivity index is 0.000000631. The van der Waals surface area contributed by atoms with Crippen molar-refractivity contribution in [2.45, 2.75) is 6.92 Å². The van der Waals surface area contributed by atoms with E-state index >= 15 is 0 Å². The number of aliphatic imine (C=N–C) groups is 1. The SMILES string of the molecule is CC(=O)Nc1ccc(N=C(N)N)cc1.O=[N+]([O-])O. The van der Waals surface area contributed by atoms with Crippen LogP contribution in [0.4, 0.5) is 11.4 Å². The summed E-state index contributed by atoms with van der Waals surface area (Å²) >= 11 is 0. The molecule has 0 aromatic heterocycles. The van der Waals surface area contributed by atoms with E-state index in [2.05, 4.69) is 10.3 Å². The van der Waals surface area contributed by atoms with Crippen LogP contribution in [-0.2, 0) is 4.79 Å². The summed E-state index contributed by atoms with van der Waals surface area (Å²) in [5, 5.41) is 16.3. The molecular formula is C9H13N5O4. The highest BCUT2D eigenvalue weighted by Crippen LogP contribution is 2.15. The van der Waals surface area contributed by atoms with Crippen molar-refractivity contribution in [1.82, 2.24) is 0 Å². The highest BCUT2D eigenvalue weighted by molar-refractivity contribution is 5.88. The molecule has 0 saturated carbocycles. The first kappa shape index (κ1) is 15.2. The van der Waals surface area contributed by atoms with Crippen molar-refractivity contribution in [3.8, 4) is 0 Å². The maximum atomic E-state index is 10.7. The lowest BCUT2D eigenvalue weighted by molar-refractivity contribution is -0.742. The van der Waals surface area contributed by atoms with Crippen LogP contribution in [0.15, 0.2) is 29.3 Å². The predicted molar refractivity (Wildman–Crippen MR) is 65.0 cm³/mol. The van der Waals surface area contributed by atoms with Gasteiger partial charge in [-0.2, -0.15) is 0 Å². The van der Waals surface area contributed by atoms with E-state index in [1.807, 2.05) is 0 Å². The van der Waals surface area contributed by atoms with E-state index in [4.69, 9.17) is 26.8 Å². The molecule has 0 aliphatic heterocycles. The summed E-state index contributed by atoms with van der Waals surface area (Å²) in [4.78, 5) is 22.9. The fourth-order valence-corrected chi connectivity index (χ4v) is 0.972. The lowest BCUT2D eigenvalue weighted by Gasteiger charge is -2.01. The van der Waals surface area contributed by atoms with Crippen LogP contribution in [-0.4, -0.2) is 22.2 Å². The minimum Gasteiger partial charge on any atom is -0.370 e. The summed E-state index contributed by atoms with van der Waals surface area (Å²) in [5.41, 5.74) is 11.8. The molecule has 0 radical (unpaired) electrons. The minimum absolute atomic E-state index is 0.0114. The molecule has 98 valence electrons. The highest BCUT2D eigenvalue weighted by Gasteiger charge is 1.95. The van der Waals surface area contributed by atoms with Crippen LogP contribution in [0.2, 0.25) is 0 Å². The van der Waals surface area contributed by atoms with Gasteiger partial charge in [0.25, 0.3) is 5.09 Å². The monoisotopic (exact) mass is 255 g/mol. The molecule has 1 rings (SSSR count). The Morgan fingerprint density at radius 3 is 2.17 bits per heavy atom. The van der Waals surface area contributed by atoms with Gasteiger partial charge in [-0.3, -0.25) is 4.79 Å². The zero-order valence-electron chi connectivity index (χ0n) is 9.53. The normalized spacial score (nSPS) is 8.50. The van der Waals surface area contributed by atoms with Gasteiger partial charge in [0.2, 0.25) is 5.91 Å². The summed E-state index contributed by atoms with van der Waals surface area (Å²) in [6.07, 6.45) is 0. The second kappa shape index (κ2) is 7.44. The second-order valence-electron chi connectivity index (χ2n) is 3.00. The zero-order chi connectivity index (χ0) is 14.1. The summed E-state index contributed by atoms with van der Waals surface area (Å²) in [6.45, 7) is 1.45. The van der Waals surface area contributed by atoms with E-state index in [0.29, 0.717) is 11.4 Å². The molecule has 0 spiro atoms. The molecule has 0 fully saturated rings. The van der Waals surface area contributed by atoms with Crippen molar-refractivity contribution < 1.29 is 15.1 Å². The fraction of sp³-hybridized carbons (Fsp3) is 0.111. The number of rotatable bonds is 2. The van der Waals surface area contributed by atoms with Crippen LogP contribution in [0.1, 0.15) is 6.92 Å². The Bertz CT molecular complexity index is 435. The number of benzene rings is 1. The van der Waals surface area contributed by atoms with Gasteiger partial charge in [-0.25, -0.2) is 4.99 Å². The van der Waals surface area contributed by atoms with Gasteiger partial charge in [0.1, 0.15) is 0 Å². The number of nitrogens with two attached hydrogens (primary N) is 2. The summed E-state index contributed by atoms with van der Waals surface area (Å²) in [7, 11) is 0. The first-order valence-electron chi connectivity index (χ1n) is 4.62. The smallest absolute Gasteiger partial charge is 0.291 e. The molecule has 1 aromatic rings. The Morgan fingerprint density at radius 1 is 1.39 bits per heavy atom.